The van der Waals surface area contributed by atoms with Crippen LogP contribution in [0.3, 0.4) is 0 Å². The number of nitro groups is 1. The summed E-state index contributed by atoms with van der Waals surface area (Å²) < 4.78 is 13.0. The highest BCUT2D eigenvalue weighted by molar-refractivity contribution is 5.93. The van der Waals surface area contributed by atoms with Crippen molar-refractivity contribution >= 4 is 10.9 Å². The first-order valence-corrected chi connectivity index (χ1v) is 10.0. The Balaban J connectivity index is 2.02. The molecule has 0 fully saturated rings. The molecular formula is C25H24N2O4. The number of para-hydroxylation sites is 1. The Kier molecular flexibility index (Phi) is 5.62. The molecule has 0 saturated carbocycles. The molecule has 4 aromatic rings. The number of aromatic nitrogens is 1. The fourth-order valence-corrected chi connectivity index (χ4v) is 4.30. The Morgan fingerprint density at radius 1 is 0.935 bits per heavy atom. The van der Waals surface area contributed by atoms with Crippen molar-refractivity contribution in [2.24, 2.45) is 7.05 Å². The third kappa shape index (κ3) is 3.72. The first-order valence-electron chi connectivity index (χ1n) is 10.0. The molecule has 0 N–H and O–H groups in total. The van der Waals surface area contributed by atoms with E-state index in [1.165, 1.54) is 0 Å². The summed E-state index contributed by atoms with van der Waals surface area (Å²) in [6, 6.07) is 23.6. The van der Waals surface area contributed by atoms with E-state index in [2.05, 4.69) is 4.57 Å². The smallest absolute Gasteiger partial charge is 0.214 e. The molecule has 1 aromatic heterocycles. The Morgan fingerprint density at radius 2 is 1.61 bits per heavy atom. The van der Waals surface area contributed by atoms with Gasteiger partial charge in [-0.25, -0.2) is 0 Å². The minimum atomic E-state index is -0.462. The second kappa shape index (κ2) is 8.52. The van der Waals surface area contributed by atoms with Crippen molar-refractivity contribution in [1.82, 2.24) is 4.57 Å². The monoisotopic (exact) mass is 416 g/mol. The number of ether oxygens (including phenoxy) is 2. The van der Waals surface area contributed by atoms with Gasteiger partial charge in [-0.15, -0.1) is 0 Å². The van der Waals surface area contributed by atoms with E-state index in [0.29, 0.717) is 11.5 Å². The average Bonchev–Trinajstić information content (AvgIpc) is 3.09. The quantitative estimate of drug-likeness (QED) is 0.304. The molecule has 0 aliphatic rings. The molecule has 0 amide bonds. The number of benzene rings is 3. The van der Waals surface area contributed by atoms with Gasteiger partial charge < -0.3 is 14.0 Å². The summed E-state index contributed by atoms with van der Waals surface area (Å²) >= 11 is 0. The molecule has 6 nitrogen and oxygen atoms in total. The molecule has 0 aliphatic heterocycles. The molecular weight excluding hydrogens is 392 g/mol. The van der Waals surface area contributed by atoms with Crippen LogP contribution in [0.5, 0.6) is 11.5 Å². The van der Waals surface area contributed by atoms with Gasteiger partial charge in [0.15, 0.2) is 11.5 Å². The van der Waals surface area contributed by atoms with Crippen LogP contribution >= 0.6 is 0 Å². The van der Waals surface area contributed by atoms with E-state index in [9.17, 15) is 10.1 Å². The number of methoxy groups -OCH3 is 2. The normalized spacial score (nSPS) is 12.0. The highest BCUT2D eigenvalue weighted by Crippen LogP contribution is 2.42. The third-order valence-corrected chi connectivity index (χ3v) is 5.68. The zero-order chi connectivity index (χ0) is 22.0. The van der Waals surface area contributed by atoms with Gasteiger partial charge in [0.2, 0.25) is 6.54 Å². The zero-order valence-electron chi connectivity index (χ0n) is 17.7. The van der Waals surface area contributed by atoms with Gasteiger partial charge in [-0.05, 0) is 34.9 Å². The lowest BCUT2D eigenvalue weighted by Gasteiger charge is -2.18. The summed E-state index contributed by atoms with van der Waals surface area (Å²) in [6.45, 7) is -0.233. The van der Waals surface area contributed by atoms with Crippen LogP contribution in [-0.4, -0.2) is 30.3 Å². The summed E-state index contributed by atoms with van der Waals surface area (Å²) in [7, 11) is 5.15. The maximum absolute atomic E-state index is 11.8. The molecule has 3 aromatic carbocycles. The highest BCUT2D eigenvalue weighted by atomic mass is 16.6. The molecule has 6 heteroatoms. The lowest BCUT2D eigenvalue weighted by atomic mass is 9.87. The molecule has 0 aliphatic carbocycles. The van der Waals surface area contributed by atoms with Crippen LogP contribution in [-0.2, 0) is 7.05 Å². The number of hydrogen-bond acceptors (Lipinski definition) is 4. The molecule has 0 saturated heterocycles. The summed E-state index contributed by atoms with van der Waals surface area (Å²) in [5.74, 6) is 0.679. The average molecular weight is 416 g/mol. The molecule has 1 heterocycles. The van der Waals surface area contributed by atoms with Crippen LogP contribution in [0.1, 0.15) is 17.0 Å². The topological polar surface area (TPSA) is 66.5 Å². The first kappa shape index (κ1) is 20.5. The minimum Gasteiger partial charge on any atom is -0.493 e. The van der Waals surface area contributed by atoms with Crippen LogP contribution in [0.15, 0.2) is 72.8 Å². The van der Waals surface area contributed by atoms with Crippen LogP contribution in [0.25, 0.3) is 22.2 Å². The summed E-state index contributed by atoms with van der Waals surface area (Å²) in [5, 5.41) is 12.8. The second-order valence-electron chi connectivity index (χ2n) is 7.39. The van der Waals surface area contributed by atoms with E-state index >= 15 is 0 Å². The van der Waals surface area contributed by atoms with Gasteiger partial charge in [0.1, 0.15) is 0 Å². The number of rotatable bonds is 7. The van der Waals surface area contributed by atoms with Crippen molar-refractivity contribution in [3.8, 4) is 22.8 Å². The number of fused-ring (bicyclic) bond motifs is 1. The van der Waals surface area contributed by atoms with E-state index in [1.54, 1.807) is 20.3 Å². The summed E-state index contributed by atoms with van der Waals surface area (Å²) in [5.41, 5.74) is 4.77. The van der Waals surface area contributed by atoms with Crippen molar-refractivity contribution in [2.75, 3.05) is 20.8 Å². The van der Waals surface area contributed by atoms with Crippen LogP contribution in [0.4, 0.5) is 0 Å². The standard InChI is InChI=1S/C25H24N2O4/c1-26-21-12-8-7-11-19(21)24(25(26)17-9-5-4-6-10-17)20(16-27(28)29)18-13-14-22(30-2)23(15-18)31-3/h4-15,20H,16H2,1-3H3/t20-/m1/s1. The van der Waals surface area contributed by atoms with E-state index < -0.39 is 5.92 Å². The Bertz CT molecular complexity index is 1230. The number of nitrogens with zero attached hydrogens (tertiary/aromatic N) is 2. The predicted molar refractivity (Wildman–Crippen MR) is 122 cm³/mol. The zero-order valence-corrected chi connectivity index (χ0v) is 17.7. The lowest BCUT2D eigenvalue weighted by molar-refractivity contribution is -0.481. The summed E-state index contributed by atoms with van der Waals surface area (Å²) in [4.78, 5) is 11.5. The third-order valence-electron chi connectivity index (χ3n) is 5.68. The number of aryl methyl sites for hydroxylation is 1. The fraction of sp³-hybridized carbons (Fsp3) is 0.200. The molecule has 0 bridgehead atoms. The molecule has 158 valence electrons. The maximum Gasteiger partial charge on any atom is 0.214 e. The lowest BCUT2D eigenvalue weighted by Crippen LogP contribution is -2.15. The van der Waals surface area contributed by atoms with Crippen molar-refractivity contribution in [3.05, 3.63) is 94.0 Å². The van der Waals surface area contributed by atoms with Crippen molar-refractivity contribution in [3.63, 3.8) is 0 Å². The van der Waals surface area contributed by atoms with Gasteiger partial charge in [0.05, 0.1) is 25.8 Å². The second-order valence-corrected chi connectivity index (χ2v) is 7.39. The molecule has 0 radical (unpaired) electrons. The molecule has 4 rings (SSSR count). The number of hydrogen-bond donors (Lipinski definition) is 0. The molecule has 1 atom stereocenters. The molecule has 31 heavy (non-hydrogen) atoms. The fourth-order valence-electron chi connectivity index (χ4n) is 4.30. The van der Waals surface area contributed by atoms with Crippen LogP contribution < -0.4 is 9.47 Å². The van der Waals surface area contributed by atoms with Crippen LogP contribution in [0.2, 0.25) is 0 Å². The van der Waals surface area contributed by atoms with E-state index in [4.69, 9.17) is 9.47 Å². The highest BCUT2D eigenvalue weighted by Gasteiger charge is 2.29. The van der Waals surface area contributed by atoms with Crippen molar-refractivity contribution in [1.29, 1.82) is 0 Å². The Labute approximate surface area is 180 Å². The largest absolute Gasteiger partial charge is 0.493 e. The van der Waals surface area contributed by atoms with Gasteiger partial charge >= 0.3 is 0 Å². The van der Waals surface area contributed by atoms with E-state index in [0.717, 1.165) is 33.3 Å². The predicted octanol–water partition coefficient (Wildman–Crippen LogP) is 5.27. The first-order chi connectivity index (χ1) is 15.0. The van der Waals surface area contributed by atoms with Crippen LogP contribution in [0, 0.1) is 10.1 Å². The van der Waals surface area contributed by atoms with E-state index in [1.807, 2.05) is 73.8 Å². The maximum atomic E-state index is 11.8. The molecule has 0 unspecified atom stereocenters. The molecule has 0 spiro atoms. The Hall–Kier alpha value is -3.80. The Morgan fingerprint density at radius 3 is 2.29 bits per heavy atom. The van der Waals surface area contributed by atoms with Gasteiger partial charge in [-0.2, -0.15) is 0 Å². The van der Waals surface area contributed by atoms with Crippen molar-refractivity contribution < 1.29 is 14.4 Å². The minimum absolute atomic E-state index is 0.233. The SMILES string of the molecule is COc1ccc([C@@H](C[N+](=O)[O-])c2c(-c3ccccc3)n(C)c3ccccc23)cc1OC. The van der Waals surface area contributed by atoms with Gasteiger partial charge in [0, 0.05) is 22.9 Å². The summed E-state index contributed by atoms with van der Waals surface area (Å²) in [6.07, 6.45) is 0. The van der Waals surface area contributed by atoms with Gasteiger partial charge in [-0.3, -0.25) is 10.1 Å². The van der Waals surface area contributed by atoms with Crippen molar-refractivity contribution in [2.45, 2.75) is 5.92 Å². The van der Waals surface area contributed by atoms with Gasteiger partial charge in [-0.1, -0.05) is 54.6 Å². The van der Waals surface area contributed by atoms with E-state index in [-0.39, 0.29) is 11.5 Å². The van der Waals surface area contributed by atoms with Gasteiger partial charge in [0.25, 0.3) is 0 Å².